The second-order valence-corrected chi connectivity index (χ2v) is 4.02. The zero-order valence-electron chi connectivity index (χ0n) is 10.1. The van der Waals surface area contributed by atoms with Gasteiger partial charge in [0.1, 0.15) is 12.2 Å². The molecule has 0 fully saturated rings. The first-order valence-electron chi connectivity index (χ1n) is 5.34. The van der Waals surface area contributed by atoms with E-state index in [9.17, 15) is 4.79 Å². The van der Waals surface area contributed by atoms with Gasteiger partial charge in [-0.1, -0.05) is 22.7 Å². The van der Waals surface area contributed by atoms with Crippen LogP contribution in [-0.4, -0.2) is 19.9 Å². The third-order valence-electron chi connectivity index (χ3n) is 2.23. The van der Waals surface area contributed by atoms with E-state index in [-0.39, 0.29) is 23.8 Å². The van der Waals surface area contributed by atoms with Crippen LogP contribution in [0, 0.1) is 19.3 Å². The van der Waals surface area contributed by atoms with Crippen molar-refractivity contribution in [2.24, 2.45) is 0 Å². The van der Waals surface area contributed by atoms with Gasteiger partial charge < -0.3 is 9.84 Å². The molecule has 0 aromatic carbocycles. The van der Waals surface area contributed by atoms with Gasteiger partial charge in [-0.15, -0.1) is 6.42 Å². The average molecular weight is 280 g/mol. The summed E-state index contributed by atoms with van der Waals surface area (Å²) in [6, 6.07) is 0. The second kappa shape index (κ2) is 5.54. The number of anilines is 1. The highest BCUT2D eigenvalue weighted by atomic mass is 35.5. The highest BCUT2D eigenvalue weighted by Crippen LogP contribution is 2.15. The smallest absolute Gasteiger partial charge is 0.292 e. The summed E-state index contributed by atoms with van der Waals surface area (Å²) >= 11 is 5.92. The Morgan fingerprint density at radius 3 is 3.05 bits per heavy atom. The van der Waals surface area contributed by atoms with Crippen molar-refractivity contribution in [1.29, 1.82) is 0 Å². The van der Waals surface area contributed by atoms with Crippen molar-refractivity contribution in [3.8, 4) is 12.3 Å². The van der Waals surface area contributed by atoms with E-state index in [0.29, 0.717) is 11.7 Å². The molecule has 0 aliphatic rings. The van der Waals surface area contributed by atoms with Crippen LogP contribution in [0.1, 0.15) is 11.7 Å². The molecule has 19 heavy (non-hydrogen) atoms. The summed E-state index contributed by atoms with van der Waals surface area (Å²) < 4.78 is 5.95. The van der Waals surface area contributed by atoms with Crippen LogP contribution in [0.5, 0.6) is 0 Å². The molecule has 98 valence electrons. The second-order valence-electron chi connectivity index (χ2n) is 3.62. The van der Waals surface area contributed by atoms with Crippen molar-refractivity contribution in [3.63, 3.8) is 0 Å². The van der Waals surface area contributed by atoms with E-state index in [1.807, 2.05) is 0 Å². The third kappa shape index (κ3) is 2.92. The molecule has 0 radical (unpaired) electrons. The number of halogens is 1. The molecule has 0 atom stereocenters. The molecule has 0 spiro atoms. The molecular formula is C11H10ClN5O2. The van der Waals surface area contributed by atoms with E-state index in [4.69, 9.17) is 22.5 Å². The molecule has 0 amide bonds. The number of nitrogens with one attached hydrogen (secondary N) is 1. The minimum Gasteiger partial charge on any atom is -0.372 e. The van der Waals surface area contributed by atoms with E-state index in [2.05, 4.69) is 26.5 Å². The summed E-state index contributed by atoms with van der Waals surface area (Å²) in [6.07, 6.45) is 6.50. The molecule has 0 bridgehead atoms. The summed E-state index contributed by atoms with van der Waals surface area (Å²) in [5, 5.41) is 10.6. The van der Waals surface area contributed by atoms with Gasteiger partial charge in [0, 0.05) is 6.92 Å². The topological polar surface area (TPSA) is 85.8 Å². The van der Waals surface area contributed by atoms with Crippen molar-refractivity contribution < 1.29 is 4.52 Å². The molecule has 8 heteroatoms. The van der Waals surface area contributed by atoms with Crippen LogP contribution in [0.4, 0.5) is 5.69 Å². The van der Waals surface area contributed by atoms with Gasteiger partial charge in [0.15, 0.2) is 5.82 Å². The van der Waals surface area contributed by atoms with E-state index in [1.54, 1.807) is 6.92 Å². The van der Waals surface area contributed by atoms with Gasteiger partial charge in [0.25, 0.3) is 5.56 Å². The molecule has 0 unspecified atom stereocenters. The molecule has 2 rings (SSSR count). The van der Waals surface area contributed by atoms with Gasteiger partial charge in [-0.3, -0.25) is 4.79 Å². The largest absolute Gasteiger partial charge is 0.372 e. The predicted molar refractivity (Wildman–Crippen MR) is 68.7 cm³/mol. The SMILES string of the molecule is C#CCn1ncc(Cl)c(NCc2noc(C)n2)c1=O. The van der Waals surface area contributed by atoms with Gasteiger partial charge in [0.05, 0.1) is 17.8 Å². The lowest BCUT2D eigenvalue weighted by atomic mass is 10.4. The van der Waals surface area contributed by atoms with Crippen LogP contribution in [0.15, 0.2) is 15.5 Å². The first-order chi connectivity index (χ1) is 9.11. The van der Waals surface area contributed by atoms with Gasteiger partial charge in [0.2, 0.25) is 5.89 Å². The molecule has 2 aromatic rings. The molecule has 2 heterocycles. The number of nitrogens with zero attached hydrogens (tertiary/aromatic N) is 4. The van der Waals surface area contributed by atoms with Crippen molar-refractivity contribution in [2.45, 2.75) is 20.0 Å². The highest BCUT2D eigenvalue weighted by molar-refractivity contribution is 6.32. The predicted octanol–water partition coefficient (Wildman–Crippen LogP) is 0.833. The Morgan fingerprint density at radius 1 is 1.63 bits per heavy atom. The Kier molecular flexibility index (Phi) is 3.82. The Balaban J connectivity index is 2.22. The first kappa shape index (κ1) is 13.1. The van der Waals surface area contributed by atoms with Gasteiger partial charge in [-0.25, -0.2) is 4.68 Å². The fraction of sp³-hybridized carbons (Fsp3) is 0.273. The first-order valence-corrected chi connectivity index (χ1v) is 5.71. The maximum atomic E-state index is 12.0. The van der Waals surface area contributed by atoms with E-state index < -0.39 is 5.56 Å². The fourth-order valence-electron chi connectivity index (χ4n) is 1.41. The number of hydrogen-bond acceptors (Lipinski definition) is 6. The number of aryl methyl sites for hydroxylation is 1. The molecule has 1 N–H and O–H groups in total. The van der Waals surface area contributed by atoms with Crippen LogP contribution >= 0.6 is 11.6 Å². The van der Waals surface area contributed by atoms with Crippen LogP contribution in [0.25, 0.3) is 0 Å². The lowest BCUT2D eigenvalue weighted by molar-refractivity contribution is 0.388. The van der Waals surface area contributed by atoms with Crippen LogP contribution in [-0.2, 0) is 13.1 Å². The maximum absolute atomic E-state index is 12.0. The van der Waals surface area contributed by atoms with Crippen molar-refractivity contribution in [2.75, 3.05) is 5.32 Å². The normalized spacial score (nSPS) is 10.2. The minimum atomic E-state index is -0.398. The van der Waals surface area contributed by atoms with Crippen molar-refractivity contribution in [1.82, 2.24) is 19.9 Å². The van der Waals surface area contributed by atoms with Crippen LogP contribution in [0.2, 0.25) is 5.02 Å². The quantitative estimate of drug-likeness (QED) is 0.835. The summed E-state index contributed by atoms with van der Waals surface area (Å²) in [5.41, 5.74) is -0.194. The summed E-state index contributed by atoms with van der Waals surface area (Å²) in [5.74, 6) is 3.21. The summed E-state index contributed by atoms with van der Waals surface area (Å²) in [6.45, 7) is 1.97. The third-order valence-corrected chi connectivity index (χ3v) is 2.52. The lowest BCUT2D eigenvalue weighted by Gasteiger charge is -2.07. The Morgan fingerprint density at radius 2 is 2.42 bits per heavy atom. The van der Waals surface area contributed by atoms with Gasteiger partial charge in [-0.05, 0) is 0 Å². The molecular weight excluding hydrogens is 270 g/mol. The molecule has 0 aliphatic heterocycles. The molecule has 0 saturated carbocycles. The highest BCUT2D eigenvalue weighted by Gasteiger charge is 2.10. The number of terminal acetylenes is 1. The molecule has 0 aliphatic carbocycles. The standard InChI is InChI=1S/C11H10ClN5O2/c1-3-4-17-11(18)10(8(12)5-14-17)13-6-9-15-7(2)19-16-9/h1,5,13H,4,6H2,2H3. The van der Waals surface area contributed by atoms with Crippen LogP contribution in [0.3, 0.4) is 0 Å². The number of aromatic nitrogens is 4. The molecule has 2 aromatic heterocycles. The van der Waals surface area contributed by atoms with E-state index >= 15 is 0 Å². The fourth-order valence-corrected chi connectivity index (χ4v) is 1.60. The van der Waals surface area contributed by atoms with E-state index in [0.717, 1.165) is 4.68 Å². The van der Waals surface area contributed by atoms with Gasteiger partial charge >= 0.3 is 0 Å². The lowest BCUT2D eigenvalue weighted by Crippen LogP contribution is -2.25. The summed E-state index contributed by atoms with van der Waals surface area (Å²) in [7, 11) is 0. The van der Waals surface area contributed by atoms with Crippen molar-refractivity contribution >= 4 is 17.3 Å². The summed E-state index contributed by atoms with van der Waals surface area (Å²) in [4.78, 5) is 16.0. The Hall–Kier alpha value is -2.33. The maximum Gasteiger partial charge on any atom is 0.292 e. The zero-order valence-corrected chi connectivity index (χ0v) is 10.8. The molecule has 0 saturated heterocycles. The monoisotopic (exact) mass is 279 g/mol. The van der Waals surface area contributed by atoms with Crippen LogP contribution < -0.4 is 10.9 Å². The average Bonchev–Trinajstić information content (AvgIpc) is 2.79. The van der Waals surface area contributed by atoms with E-state index in [1.165, 1.54) is 6.20 Å². The Bertz CT molecular complexity index is 685. The number of rotatable bonds is 4. The number of hydrogen-bond donors (Lipinski definition) is 1. The Labute approximate surface area is 113 Å². The minimum absolute atomic E-state index is 0.0754. The zero-order chi connectivity index (χ0) is 13.8. The molecule has 7 nitrogen and oxygen atoms in total. The van der Waals surface area contributed by atoms with Gasteiger partial charge in [-0.2, -0.15) is 10.1 Å². The van der Waals surface area contributed by atoms with Crippen molar-refractivity contribution in [3.05, 3.63) is 33.3 Å².